The summed E-state index contributed by atoms with van der Waals surface area (Å²) in [4.78, 5) is 12.1. The Bertz CT molecular complexity index is 594. The summed E-state index contributed by atoms with van der Waals surface area (Å²) in [5.41, 5.74) is 4.47. The molecule has 2 aromatic carbocycles. The van der Waals surface area contributed by atoms with E-state index in [1.54, 1.807) is 0 Å². The molecule has 0 unspecified atom stereocenters. The summed E-state index contributed by atoms with van der Waals surface area (Å²) in [7, 11) is 0. The summed E-state index contributed by atoms with van der Waals surface area (Å²) in [5, 5.41) is 3.44. The highest BCUT2D eigenvalue weighted by Gasteiger charge is 2.11. The SMILES string of the molecule is Cc1ccc(C(=O)Nc2c(C)cc(C)cc2Cl)cc1. The molecule has 0 aliphatic rings. The Morgan fingerprint density at radius 3 is 2.21 bits per heavy atom. The van der Waals surface area contributed by atoms with Crippen LogP contribution in [0.3, 0.4) is 0 Å². The van der Waals surface area contributed by atoms with E-state index in [-0.39, 0.29) is 5.91 Å². The summed E-state index contributed by atoms with van der Waals surface area (Å²) in [5.74, 6) is -0.145. The van der Waals surface area contributed by atoms with E-state index in [4.69, 9.17) is 11.6 Å². The minimum Gasteiger partial charge on any atom is -0.320 e. The Morgan fingerprint density at radius 2 is 1.63 bits per heavy atom. The second-order valence-corrected chi connectivity index (χ2v) is 5.17. The van der Waals surface area contributed by atoms with Gasteiger partial charge in [0.1, 0.15) is 0 Å². The number of rotatable bonds is 2. The molecule has 0 radical (unpaired) electrons. The van der Waals surface area contributed by atoms with Crippen LogP contribution in [0.25, 0.3) is 0 Å². The molecule has 0 saturated carbocycles. The topological polar surface area (TPSA) is 29.1 Å². The fourth-order valence-electron chi connectivity index (χ4n) is 1.96. The smallest absolute Gasteiger partial charge is 0.255 e. The fourth-order valence-corrected chi connectivity index (χ4v) is 2.33. The molecule has 0 aliphatic carbocycles. The van der Waals surface area contributed by atoms with Gasteiger partial charge >= 0.3 is 0 Å². The van der Waals surface area contributed by atoms with Crippen molar-refractivity contribution in [3.63, 3.8) is 0 Å². The summed E-state index contributed by atoms with van der Waals surface area (Å²) in [6.45, 7) is 5.90. The molecule has 1 amide bonds. The summed E-state index contributed by atoms with van der Waals surface area (Å²) in [6.07, 6.45) is 0. The first-order valence-electron chi connectivity index (χ1n) is 6.12. The minimum absolute atomic E-state index is 0.145. The van der Waals surface area contributed by atoms with Gasteiger partial charge in [0.2, 0.25) is 0 Å². The van der Waals surface area contributed by atoms with E-state index in [1.807, 2.05) is 57.2 Å². The van der Waals surface area contributed by atoms with E-state index in [1.165, 1.54) is 0 Å². The number of hydrogen-bond acceptors (Lipinski definition) is 1. The standard InChI is InChI=1S/C16H16ClNO/c1-10-4-6-13(7-5-10)16(19)18-15-12(3)8-11(2)9-14(15)17/h4-9H,1-3H3,(H,18,19). The Hall–Kier alpha value is -1.80. The van der Waals surface area contributed by atoms with Crippen molar-refractivity contribution in [2.75, 3.05) is 5.32 Å². The van der Waals surface area contributed by atoms with Gasteiger partial charge in [0.15, 0.2) is 0 Å². The van der Waals surface area contributed by atoms with Gasteiger partial charge in [0, 0.05) is 5.56 Å². The van der Waals surface area contributed by atoms with Crippen LogP contribution in [0.2, 0.25) is 5.02 Å². The maximum absolute atomic E-state index is 12.1. The maximum atomic E-state index is 12.1. The van der Waals surface area contributed by atoms with Crippen molar-refractivity contribution in [3.05, 3.63) is 63.7 Å². The van der Waals surface area contributed by atoms with Crippen LogP contribution in [-0.4, -0.2) is 5.91 Å². The number of aryl methyl sites for hydroxylation is 3. The third-order valence-electron chi connectivity index (χ3n) is 2.98. The van der Waals surface area contributed by atoms with Gasteiger partial charge in [-0.25, -0.2) is 0 Å². The molecular weight excluding hydrogens is 258 g/mol. The van der Waals surface area contributed by atoms with E-state index in [0.717, 1.165) is 16.7 Å². The minimum atomic E-state index is -0.145. The normalized spacial score (nSPS) is 10.3. The quantitative estimate of drug-likeness (QED) is 0.856. The van der Waals surface area contributed by atoms with Crippen molar-refractivity contribution in [2.45, 2.75) is 20.8 Å². The zero-order valence-corrected chi connectivity index (χ0v) is 12.0. The summed E-state index contributed by atoms with van der Waals surface area (Å²) >= 11 is 6.18. The van der Waals surface area contributed by atoms with Gasteiger partial charge in [0.05, 0.1) is 10.7 Å². The molecule has 0 bridgehead atoms. The van der Waals surface area contributed by atoms with Gasteiger partial charge in [-0.15, -0.1) is 0 Å². The predicted octanol–water partition coefficient (Wildman–Crippen LogP) is 4.52. The molecule has 0 saturated heterocycles. The van der Waals surface area contributed by atoms with Crippen LogP contribution in [0.4, 0.5) is 5.69 Å². The Labute approximate surface area is 118 Å². The van der Waals surface area contributed by atoms with Crippen molar-refractivity contribution >= 4 is 23.2 Å². The van der Waals surface area contributed by atoms with Crippen LogP contribution < -0.4 is 5.32 Å². The van der Waals surface area contributed by atoms with E-state index in [2.05, 4.69) is 5.32 Å². The number of halogens is 1. The van der Waals surface area contributed by atoms with Gasteiger partial charge in [-0.2, -0.15) is 0 Å². The lowest BCUT2D eigenvalue weighted by molar-refractivity contribution is 0.102. The molecule has 0 heterocycles. The zero-order chi connectivity index (χ0) is 14.0. The molecule has 0 aliphatic heterocycles. The molecule has 0 atom stereocenters. The Kier molecular flexibility index (Phi) is 3.91. The summed E-state index contributed by atoms with van der Waals surface area (Å²) in [6, 6.07) is 11.3. The molecule has 0 spiro atoms. The molecule has 3 heteroatoms. The number of nitrogens with one attached hydrogen (secondary N) is 1. The van der Waals surface area contributed by atoms with Gasteiger partial charge in [-0.1, -0.05) is 35.4 Å². The Balaban J connectivity index is 2.26. The number of anilines is 1. The van der Waals surface area contributed by atoms with Crippen LogP contribution in [-0.2, 0) is 0 Å². The largest absolute Gasteiger partial charge is 0.320 e. The molecule has 19 heavy (non-hydrogen) atoms. The zero-order valence-electron chi connectivity index (χ0n) is 11.3. The first-order valence-corrected chi connectivity index (χ1v) is 6.50. The number of carbonyl (C=O) groups is 1. The molecule has 2 aromatic rings. The number of benzene rings is 2. The highest BCUT2D eigenvalue weighted by Crippen LogP contribution is 2.27. The lowest BCUT2D eigenvalue weighted by Gasteiger charge is -2.11. The van der Waals surface area contributed by atoms with Crippen LogP contribution in [0.1, 0.15) is 27.0 Å². The van der Waals surface area contributed by atoms with Crippen molar-refractivity contribution in [3.8, 4) is 0 Å². The number of carbonyl (C=O) groups excluding carboxylic acids is 1. The third-order valence-corrected chi connectivity index (χ3v) is 3.28. The van der Waals surface area contributed by atoms with E-state index in [9.17, 15) is 4.79 Å². The fraction of sp³-hybridized carbons (Fsp3) is 0.188. The van der Waals surface area contributed by atoms with E-state index < -0.39 is 0 Å². The van der Waals surface area contributed by atoms with E-state index in [0.29, 0.717) is 16.3 Å². The lowest BCUT2D eigenvalue weighted by atomic mass is 10.1. The van der Waals surface area contributed by atoms with Gasteiger partial charge in [-0.05, 0) is 50.1 Å². The number of hydrogen-bond donors (Lipinski definition) is 1. The molecule has 98 valence electrons. The molecule has 2 rings (SSSR count). The highest BCUT2D eigenvalue weighted by atomic mass is 35.5. The van der Waals surface area contributed by atoms with Crippen molar-refractivity contribution in [1.29, 1.82) is 0 Å². The van der Waals surface area contributed by atoms with Gasteiger partial charge in [-0.3, -0.25) is 4.79 Å². The van der Waals surface area contributed by atoms with Crippen LogP contribution in [0.5, 0.6) is 0 Å². The van der Waals surface area contributed by atoms with Crippen LogP contribution >= 0.6 is 11.6 Å². The summed E-state index contributed by atoms with van der Waals surface area (Å²) < 4.78 is 0. The Morgan fingerprint density at radius 1 is 1.00 bits per heavy atom. The second kappa shape index (κ2) is 5.45. The first-order chi connectivity index (χ1) is 8.97. The van der Waals surface area contributed by atoms with Crippen LogP contribution in [0.15, 0.2) is 36.4 Å². The third kappa shape index (κ3) is 3.15. The molecule has 2 nitrogen and oxygen atoms in total. The molecule has 0 fully saturated rings. The maximum Gasteiger partial charge on any atom is 0.255 e. The number of amides is 1. The molecule has 0 aromatic heterocycles. The average Bonchev–Trinajstić information content (AvgIpc) is 2.34. The average molecular weight is 274 g/mol. The van der Waals surface area contributed by atoms with Crippen molar-refractivity contribution < 1.29 is 4.79 Å². The van der Waals surface area contributed by atoms with Crippen molar-refractivity contribution in [2.24, 2.45) is 0 Å². The van der Waals surface area contributed by atoms with Crippen molar-refractivity contribution in [1.82, 2.24) is 0 Å². The van der Waals surface area contributed by atoms with Gasteiger partial charge in [0.25, 0.3) is 5.91 Å². The first kappa shape index (κ1) is 13.6. The van der Waals surface area contributed by atoms with Gasteiger partial charge < -0.3 is 5.32 Å². The van der Waals surface area contributed by atoms with E-state index >= 15 is 0 Å². The van der Waals surface area contributed by atoms with Crippen LogP contribution in [0, 0.1) is 20.8 Å². The second-order valence-electron chi connectivity index (χ2n) is 4.76. The predicted molar refractivity (Wildman–Crippen MR) is 80.1 cm³/mol. The molecular formula is C16H16ClNO. The monoisotopic (exact) mass is 273 g/mol. The lowest BCUT2D eigenvalue weighted by Crippen LogP contribution is -2.13. The molecule has 1 N–H and O–H groups in total. The highest BCUT2D eigenvalue weighted by molar-refractivity contribution is 6.34.